The number of thiol groups is 1. The minimum Gasteiger partial charge on any atom is -0.457 e. The fourth-order valence-corrected chi connectivity index (χ4v) is 2.43. The Morgan fingerprint density at radius 1 is 1.04 bits per heavy atom. The maximum Gasteiger partial charge on any atom is 0.379 e. The molecule has 2 aromatic carbocycles. The highest BCUT2D eigenvalue weighted by Crippen LogP contribution is 2.23. The van der Waals surface area contributed by atoms with E-state index in [9.17, 15) is 14.4 Å². The third-order valence-electron chi connectivity index (χ3n) is 3.60. The molecule has 0 aliphatic carbocycles. The Kier molecular flexibility index (Phi) is 5.66. The van der Waals surface area contributed by atoms with E-state index in [4.69, 9.17) is 14.9 Å². The largest absolute Gasteiger partial charge is 0.457 e. The van der Waals surface area contributed by atoms with Gasteiger partial charge in [-0.25, -0.2) is 13.9 Å². The molecule has 28 heavy (non-hydrogen) atoms. The van der Waals surface area contributed by atoms with Crippen LogP contribution in [0.5, 0.6) is 5.75 Å². The second-order valence-electron chi connectivity index (χ2n) is 5.55. The summed E-state index contributed by atoms with van der Waals surface area (Å²) in [5.41, 5.74) is 6.32. The normalized spacial score (nSPS) is 10.2. The summed E-state index contributed by atoms with van der Waals surface area (Å²) in [5, 5.41) is 2.61. The second-order valence-corrected chi connectivity index (χ2v) is 5.95. The van der Waals surface area contributed by atoms with E-state index in [1.165, 1.54) is 30.5 Å². The van der Waals surface area contributed by atoms with Gasteiger partial charge in [-0.05, 0) is 54.6 Å². The van der Waals surface area contributed by atoms with Crippen LogP contribution in [0.3, 0.4) is 0 Å². The number of hydrogen-bond acceptors (Lipinski definition) is 6. The van der Waals surface area contributed by atoms with Gasteiger partial charge in [0.05, 0.1) is 12.0 Å². The van der Waals surface area contributed by atoms with Gasteiger partial charge >= 0.3 is 12.0 Å². The van der Waals surface area contributed by atoms with Crippen molar-refractivity contribution < 1.29 is 23.5 Å². The molecule has 0 aliphatic heterocycles. The van der Waals surface area contributed by atoms with Crippen molar-refractivity contribution in [3.05, 3.63) is 78.3 Å². The van der Waals surface area contributed by atoms with Crippen LogP contribution >= 0.6 is 12.8 Å². The summed E-state index contributed by atoms with van der Waals surface area (Å²) in [4.78, 5) is 35.4. The van der Waals surface area contributed by atoms with E-state index in [0.29, 0.717) is 11.4 Å². The van der Waals surface area contributed by atoms with Crippen molar-refractivity contribution in [2.75, 3.05) is 9.62 Å². The van der Waals surface area contributed by atoms with Gasteiger partial charge in [0.1, 0.15) is 5.75 Å². The van der Waals surface area contributed by atoms with Crippen LogP contribution < -0.4 is 20.1 Å². The number of carbonyl (C=O) groups is 3. The Bertz CT molecular complexity index is 1000. The van der Waals surface area contributed by atoms with Gasteiger partial charge in [0.25, 0.3) is 0 Å². The first kappa shape index (κ1) is 19.1. The highest BCUT2D eigenvalue weighted by Gasteiger charge is 2.15. The lowest BCUT2D eigenvalue weighted by Crippen LogP contribution is -2.26. The van der Waals surface area contributed by atoms with Crippen molar-refractivity contribution in [3.63, 3.8) is 0 Å². The summed E-state index contributed by atoms with van der Waals surface area (Å²) < 4.78 is 11.2. The van der Waals surface area contributed by atoms with E-state index in [1.54, 1.807) is 36.4 Å². The fraction of sp³-hybridized carbons (Fsp3) is 0. The molecule has 1 heterocycles. The van der Waals surface area contributed by atoms with Gasteiger partial charge < -0.3 is 20.2 Å². The third kappa shape index (κ3) is 4.51. The predicted molar refractivity (Wildman–Crippen MR) is 106 cm³/mol. The zero-order valence-corrected chi connectivity index (χ0v) is 15.3. The van der Waals surface area contributed by atoms with Gasteiger partial charge in [0, 0.05) is 11.3 Å². The van der Waals surface area contributed by atoms with Crippen LogP contribution in [0, 0.1) is 0 Å². The molecule has 8 nitrogen and oxygen atoms in total. The number of urea groups is 1. The number of primary amides is 1. The molecule has 0 saturated carbocycles. The van der Waals surface area contributed by atoms with Crippen LogP contribution in [0.25, 0.3) is 0 Å². The van der Waals surface area contributed by atoms with Crippen molar-refractivity contribution in [2.24, 2.45) is 5.73 Å². The van der Waals surface area contributed by atoms with Gasteiger partial charge in [-0.1, -0.05) is 18.9 Å². The number of esters is 1. The molecule has 3 N–H and O–H groups in total. The van der Waals surface area contributed by atoms with E-state index in [0.717, 1.165) is 4.31 Å². The monoisotopic (exact) mass is 397 g/mol. The Balaban J connectivity index is 1.64. The highest BCUT2D eigenvalue weighted by atomic mass is 32.1. The molecule has 0 bridgehead atoms. The zero-order chi connectivity index (χ0) is 20.1. The molecule has 0 saturated heterocycles. The van der Waals surface area contributed by atoms with Crippen LogP contribution in [-0.4, -0.2) is 17.9 Å². The molecule has 0 aliphatic rings. The number of nitrogens with zero attached hydrogens (tertiary/aromatic N) is 1. The van der Waals surface area contributed by atoms with Crippen molar-refractivity contribution in [3.8, 4) is 5.75 Å². The smallest absolute Gasteiger partial charge is 0.379 e. The molecule has 0 fully saturated rings. The summed E-state index contributed by atoms with van der Waals surface area (Å²) >= 11 is 4.17. The summed E-state index contributed by atoms with van der Waals surface area (Å²) in [6.07, 6.45) is 1.37. The topological polar surface area (TPSA) is 115 Å². The van der Waals surface area contributed by atoms with Gasteiger partial charge in [-0.15, -0.1) is 0 Å². The molecule has 3 amide bonds. The van der Waals surface area contributed by atoms with E-state index in [1.807, 2.05) is 0 Å². The number of carbonyl (C=O) groups excluding carboxylic acids is 3. The SMILES string of the molecule is NC(=O)c1cccc(NC(=O)N(S)c2ccc(OC(=O)c3ccco3)cc2)c1. The van der Waals surface area contributed by atoms with Crippen molar-refractivity contribution in [1.29, 1.82) is 0 Å². The molecule has 3 rings (SSSR count). The van der Waals surface area contributed by atoms with Gasteiger partial charge in [-0.2, -0.15) is 0 Å². The van der Waals surface area contributed by atoms with E-state index >= 15 is 0 Å². The van der Waals surface area contributed by atoms with Crippen LogP contribution in [-0.2, 0) is 0 Å². The maximum absolute atomic E-state index is 12.3. The number of furan rings is 1. The summed E-state index contributed by atoms with van der Waals surface area (Å²) in [6.45, 7) is 0. The minimum absolute atomic E-state index is 0.0810. The van der Waals surface area contributed by atoms with Crippen LogP contribution in [0.2, 0.25) is 0 Å². The van der Waals surface area contributed by atoms with Crippen LogP contribution in [0.4, 0.5) is 16.2 Å². The van der Waals surface area contributed by atoms with Gasteiger partial charge in [0.15, 0.2) is 0 Å². The summed E-state index contributed by atoms with van der Waals surface area (Å²) in [7, 11) is 0. The van der Waals surface area contributed by atoms with Crippen LogP contribution in [0.1, 0.15) is 20.9 Å². The molecular formula is C19H15N3O5S. The lowest BCUT2D eigenvalue weighted by molar-refractivity contribution is 0.0701. The summed E-state index contributed by atoms with van der Waals surface area (Å²) in [6, 6.07) is 14.9. The third-order valence-corrected chi connectivity index (χ3v) is 4.02. The summed E-state index contributed by atoms with van der Waals surface area (Å²) in [5.74, 6) is -0.870. The van der Waals surface area contributed by atoms with Crippen molar-refractivity contribution in [2.45, 2.75) is 0 Å². The number of nitrogens with one attached hydrogen (secondary N) is 1. The lowest BCUT2D eigenvalue weighted by Gasteiger charge is -2.17. The first-order chi connectivity index (χ1) is 13.4. The van der Waals surface area contributed by atoms with E-state index in [-0.39, 0.29) is 17.1 Å². The zero-order valence-electron chi connectivity index (χ0n) is 14.4. The molecule has 0 unspecified atom stereocenters. The molecule has 9 heteroatoms. The Labute approximate surface area is 165 Å². The Hall–Kier alpha value is -3.72. The number of nitrogens with two attached hydrogens (primary N) is 1. The molecule has 1 aromatic heterocycles. The minimum atomic E-state index is -0.632. The standard InChI is InChI=1S/C19H15N3O5S/c20-17(23)12-3-1-4-13(11-12)21-19(25)22(28)14-6-8-15(9-7-14)27-18(24)16-5-2-10-26-16/h1-11,28H,(H2,20,23)(H,21,25). The maximum atomic E-state index is 12.3. The molecule has 3 aromatic rings. The van der Waals surface area contributed by atoms with Crippen LogP contribution in [0.15, 0.2) is 71.3 Å². The fourth-order valence-electron chi connectivity index (χ4n) is 2.25. The molecule has 0 radical (unpaired) electrons. The molecular weight excluding hydrogens is 382 g/mol. The number of hydrogen-bond donors (Lipinski definition) is 3. The first-order valence-corrected chi connectivity index (χ1v) is 8.39. The van der Waals surface area contributed by atoms with Gasteiger partial charge in [-0.3, -0.25) is 4.79 Å². The van der Waals surface area contributed by atoms with Gasteiger partial charge in [0.2, 0.25) is 11.7 Å². The lowest BCUT2D eigenvalue weighted by atomic mass is 10.2. The van der Waals surface area contributed by atoms with E-state index < -0.39 is 17.9 Å². The average Bonchev–Trinajstić information content (AvgIpc) is 3.23. The number of rotatable bonds is 5. The Morgan fingerprint density at radius 3 is 2.43 bits per heavy atom. The number of amides is 3. The molecule has 0 spiro atoms. The first-order valence-electron chi connectivity index (χ1n) is 7.99. The van der Waals surface area contributed by atoms with Crippen molar-refractivity contribution >= 4 is 42.1 Å². The number of anilines is 2. The highest BCUT2D eigenvalue weighted by molar-refractivity contribution is 7.82. The van der Waals surface area contributed by atoms with E-state index in [2.05, 4.69) is 18.1 Å². The molecule has 0 atom stereocenters. The number of ether oxygens (including phenoxy) is 1. The average molecular weight is 397 g/mol. The Morgan fingerprint density at radius 2 is 1.79 bits per heavy atom. The molecule has 142 valence electrons. The predicted octanol–water partition coefficient (Wildman–Crippen LogP) is 3.48. The van der Waals surface area contributed by atoms with Crippen molar-refractivity contribution in [1.82, 2.24) is 0 Å². The quantitative estimate of drug-likeness (QED) is 0.346. The second kappa shape index (κ2) is 8.31. The number of benzene rings is 2.